The molecule has 0 heterocycles. The van der Waals surface area contributed by atoms with Crippen LogP contribution in [0.25, 0.3) is 0 Å². The number of hydrogen-bond donors (Lipinski definition) is 3. The van der Waals surface area contributed by atoms with E-state index in [0.717, 1.165) is 38.5 Å². The highest BCUT2D eigenvalue weighted by Gasteiger charge is 2.42. The molecule has 0 saturated carbocycles. The summed E-state index contributed by atoms with van der Waals surface area (Å²) in [6.07, 6.45) is 29.0. The van der Waals surface area contributed by atoms with Crippen LogP contribution in [0.3, 0.4) is 0 Å². The Morgan fingerprint density at radius 1 is 0.500 bits per heavy atom. The van der Waals surface area contributed by atoms with E-state index in [9.17, 15) is 29.0 Å². The molecule has 0 amide bonds. The molecule has 2 atom stereocenters. The molecule has 0 saturated heterocycles. The Morgan fingerprint density at radius 3 is 1.05 bits per heavy atom. The van der Waals surface area contributed by atoms with Crippen molar-refractivity contribution in [3.05, 3.63) is 0 Å². The van der Waals surface area contributed by atoms with E-state index in [0.29, 0.717) is 12.8 Å². The molecule has 0 aliphatic rings. The molecule has 8 nitrogen and oxygen atoms in total. The topological polar surface area (TPSA) is 130 Å². The fraction of sp³-hybridized carbons (Fsp3) is 0.943. The lowest BCUT2D eigenvalue weighted by Crippen LogP contribution is -2.37. The van der Waals surface area contributed by atoms with E-state index in [1.165, 1.54) is 116 Å². The van der Waals surface area contributed by atoms with Crippen LogP contribution in [0.15, 0.2) is 0 Å². The minimum atomic E-state index is -4.97. The van der Waals surface area contributed by atoms with Crippen molar-refractivity contribution in [2.45, 2.75) is 206 Å². The normalized spacial score (nSPS) is 13.1. The molecule has 0 aliphatic carbocycles. The van der Waals surface area contributed by atoms with Crippen LogP contribution in [0.1, 0.15) is 194 Å². The smallest absolute Gasteiger partial charge is 0.369 e. The summed E-state index contributed by atoms with van der Waals surface area (Å²) in [5, 5.41) is 9.69. The highest BCUT2D eigenvalue weighted by molar-refractivity contribution is 7.52. The Kier molecular flexibility index (Phi) is 30.0. The maximum absolute atomic E-state index is 12.3. The van der Waals surface area contributed by atoms with E-state index in [2.05, 4.69) is 13.8 Å². The SMILES string of the molecule is CCCCCCCCCCCCCCCC(=O)OC(CO)C(OC(=O)CCCCCCCCCCCCCCC)P(=O)(O)O. The number of aliphatic hydroxyl groups excluding tert-OH is 1. The number of carbonyl (C=O) groups excluding carboxylic acids is 2. The molecule has 0 radical (unpaired) electrons. The molecule has 0 fully saturated rings. The van der Waals surface area contributed by atoms with Gasteiger partial charge in [-0.05, 0) is 12.8 Å². The summed E-state index contributed by atoms with van der Waals surface area (Å²) in [7, 11) is -4.97. The number of esters is 2. The first-order chi connectivity index (χ1) is 21.3. The molecule has 0 spiro atoms. The predicted octanol–water partition coefficient (Wildman–Crippen LogP) is 9.90. The van der Waals surface area contributed by atoms with Crippen molar-refractivity contribution in [3.63, 3.8) is 0 Å². The van der Waals surface area contributed by atoms with Crippen molar-refractivity contribution in [1.82, 2.24) is 0 Å². The zero-order chi connectivity index (χ0) is 32.7. The molecule has 3 N–H and O–H groups in total. The summed E-state index contributed by atoms with van der Waals surface area (Å²) in [5.74, 6) is -3.41. The number of hydrogen-bond acceptors (Lipinski definition) is 6. The van der Waals surface area contributed by atoms with E-state index in [-0.39, 0.29) is 12.8 Å². The Labute approximate surface area is 270 Å². The molecule has 0 aromatic carbocycles. The second kappa shape index (κ2) is 30.7. The summed E-state index contributed by atoms with van der Waals surface area (Å²) in [5.41, 5.74) is 0. The molecule has 0 aromatic heterocycles. The van der Waals surface area contributed by atoms with Gasteiger partial charge in [-0.1, -0.05) is 168 Å². The van der Waals surface area contributed by atoms with Gasteiger partial charge in [-0.15, -0.1) is 0 Å². The first-order valence-corrected chi connectivity index (χ1v) is 20.0. The highest BCUT2D eigenvalue weighted by atomic mass is 31.2. The van der Waals surface area contributed by atoms with Crippen LogP contribution in [-0.4, -0.2) is 45.4 Å². The number of unbranched alkanes of at least 4 members (excludes halogenated alkanes) is 24. The maximum atomic E-state index is 12.3. The van der Waals surface area contributed by atoms with Gasteiger partial charge in [-0.25, -0.2) is 0 Å². The monoisotopic (exact) mass is 648 g/mol. The summed E-state index contributed by atoms with van der Waals surface area (Å²) in [4.78, 5) is 44.2. The highest BCUT2D eigenvalue weighted by Crippen LogP contribution is 2.44. The Balaban J connectivity index is 4.07. The van der Waals surface area contributed by atoms with E-state index < -0.39 is 38.1 Å². The van der Waals surface area contributed by atoms with Gasteiger partial charge in [0.25, 0.3) is 0 Å². The van der Waals surface area contributed by atoms with Crippen LogP contribution in [-0.2, 0) is 23.6 Å². The van der Waals surface area contributed by atoms with E-state index in [1.807, 2.05) is 0 Å². The van der Waals surface area contributed by atoms with Crippen LogP contribution < -0.4 is 0 Å². The van der Waals surface area contributed by atoms with Crippen molar-refractivity contribution in [2.75, 3.05) is 6.61 Å². The van der Waals surface area contributed by atoms with Gasteiger partial charge in [0, 0.05) is 12.8 Å². The average Bonchev–Trinajstić information content (AvgIpc) is 2.99. The van der Waals surface area contributed by atoms with Gasteiger partial charge in [-0.3, -0.25) is 14.2 Å². The first kappa shape index (κ1) is 43.0. The van der Waals surface area contributed by atoms with Crippen molar-refractivity contribution >= 4 is 19.5 Å². The van der Waals surface area contributed by atoms with Crippen LogP contribution >= 0.6 is 7.60 Å². The van der Waals surface area contributed by atoms with E-state index in [1.54, 1.807) is 0 Å². The standard InChI is InChI=1S/C35H69O8P/c1-3-5-7-9-11-13-15-17-19-21-23-25-27-29-33(37)42-32(31-36)35(44(39,40)41)43-34(38)30-28-26-24-22-20-18-16-14-12-10-8-6-4-2/h32,35-36H,3-31H2,1-2H3,(H2,39,40,41). The Bertz CT molecular complexity index is 711. The molecule has 44 heavy (non-hydrogen) atoms. The van der Waals surface area contributed by atoms with E-state index in [4.69, 9.17) is 9.47 Å². The molecular weight excluding hydrogens is 579 g/mol. The van der Waals surface area contributed by atoms with Crippen molar-refractivity contribution < 1.29 is 38.5 Å². The summed E-state index contributed by atoms with van der Waals surface area (Å²) >= 11 is 0. The van der Waals surface area contributed by atoms with Gasteiger partial charge >= 0.3 is 19.5 Å². The molecule has 0 bridgehead atoms. The van der Waals surface area contributed by atoms with Gasteiger partial charge in [0.1, 0.15) is 0 Å². The van der Waals surface area contributed by atoms with Crippen LogP contribution in [0.2, 0.25) is 0 Å². The zero-order valence-electron chi connectivity index (χ0n) is 28.5. The Morgan fingerprint density at radius 2 is 0.773 bits per heavy atom. The van der Waals surface area contributed by atoms with Gasteiger partial charge in [0.2, 0.25) is 5.85 Å². The average molecular weight is 649 g/mol. The van der Waals surface area contributed by atoms with Gasteiger partial charge in [-0.2, -0.15) is 0 Å². The predicted molar refractivity (Wildman–Crippen MR) is 180 cm³/mol. The molecule has 0 aromatic rings. The third-order valence-corrected chi connectivity index (χ3v) is 9.43. The molecule has 0 rings (SSSR count). The van der Waals surface area contributed by atoms with Crippen LogP contribution in [0, 0.1) is 0 Å². The lowest BCUT2D eigenvalue weighted by atomic mass is 10.0. The minimum absolute atomic E-state index is 0.0271. The summed E-state index contributed by atoms with van der Waals surface area (Å²) < 4.78 is 22.3. The second-order valence-electron chi connectivity index (χ2n) is 12.7. The number of aliphatic hydroxyl groups is 1. The van der Waals surface area contributed by atoms with Crippen molar-refractivity contribution in [2.24, 2.45) is 0 Å². The molecule has 9 heteroatoms. The van der Waals surface area contributed by atoms with Gasteiger partial charge in [0.05, 0.1) is 6.61 Å². The molecular formula is C35H69O8P. The van der Waals surface area contributed by atoms with Crippen LogP contribution in [0.5, 0.6) is 0 Å². The lowest BCUT2D eigenvalue weighted by molar-refractivity contribution is -0.166. The number of ether oxygens (including phenoxy) is 2. The minimum Gasteiger partial charge on any atom is -0.455 e. The third kappa shape index (κ3) is 27.4. The largest absolute Gasteiger partial charge is 0.455 e. The first-order valence-electron chi connectivity index (χ1n) is 18.3. The zero-order valence-corrected chi connectivity index (χ0v) is 29.4. The van der Waals surface area contributed by atoms with Crippen LogP contribution in [0.4, 0.5) is 0 Å². The lowest BCUT2D eigenvalue weighted by Gasteiger charge is -2.26. The maximum Gasteiger partial charge on any atom is 0.369 e. The van der Waals surface area contributed by atoms with Gasteiger partial charge < -0.3 is 24.4 Å². The second-order valence-corrected chi connectivity index (χ2v) is 14.4. The third-order valence-electron chi connectivity index (χ3n) is 8.33. The number of rotatable bonds is 33. The summed E-state index contributed by atoms with van der Waals surface area (Å²) in [6.45, 7) is 3.62. The molecule has 2 unspecified atom stereocenters. The summed E-state index contributed by atoms with van der Waals surface area (Å²) in [6, 6.07) is 0. The molecule has 0 aliphatic heterocycles. The number of carbonyl (C=O) groups is 2. The Hall–Kier alpha value is -0.950. The van der Waals surface area contributed by atoms with Gasteiger partial charge in [0.15, 0.2) is 6.10 Å². The fourth-order valence-corrected chi connectivity index (χ4v) is 6.39. The van der Waals surface area contributed by atoms with Crippen molar-refractivity contribution in [3.8, 4) is 0 Å². The fourth-order valence-electron chi connectivity index (χ4n) is 5.54. The molecule has 262 valence electrons. The van der Waals surface area contributed by atoms with Crippen molar-refractivity contribution in [1.29, 1.82) is 0 Å². The quantitative estimate of drug-likeness (QED) is 0.0364. The van der Waals surface area contributed by atoms with E-state index >= 15 is 0 Å².